The summed E-state index contributed by atoms with van der Waals surface area (Å²) in [6.07, 6.45) is 1.66. The van der Waals surface area contributed by atoms with Crippen molar-refractivity contribution in [1.82, 2.24) is 4.57 Å². The molecule has 0 bridgehead atoms. The second kappa shape index (κ2) is 8.66. The number of para-hydroxylation sites is 1. The zero-order valence-electron chi connectivity index (χ0n) is 18.6. The lowest BCUT2D eigenvalue weighted by Crippen LogP contribution is -2.40. The molecule has 1 aromatic carbocycles. The van der Waals surface area contributed by atoms with Crippen molar-refractivity contribution in [2.75, 3.05) is 18.1 Å². The lowest BCUT2D eigenvalue weighted by molar-refractivity contribution is -0.139. The fourth-order valence-electron chi connectivity index (χ4n) is 4.37. The lowest BCUT2D eigenvalue weighted by atomic mass is 10.0. The summed E-state index contributed by atoms with van der Waals surface area (Å²) in [6.45, 7) is 7.79. The minimum absolute atomic E-state index is 0.214. The summed E-state index contributed by atoms with van der Waals surface area (Å²) in [4.78, 5) is 47.7. The van der Waals surface area contributed by atoms with E-state index in [0.717, 1.165) is 10.6 Å². The first-order chi connectivity index (χ1) is 16.5. The Kier molecular flexibility index (Phi) is 5.66. The molecule has 2 aromatic heterocycles. The summed E-state index contributed by atoms with van der Waals surface area (Å²) in [5, 5.41) is 1.90. The molecule has 0 fully saturated rings. The number of esters is 1. The molecule has 2 aliphatic heterocycles. The molecule has 3 aromatic rings. The number of aromatic nitrogens is 1. The van der Waals surface area contributed by atoms with Crippen LogP contribution in [0.2, 0.25) is 0 Å². The van der Waals surface area contributed by atoms with Gasteiger partial charge in [0, 0.05) is 17.0 Å². The first kappa shape index (κ1) is 22.2. The Morgan fingerprint density at radius 1 is 1.24 bits per heavy atom. The van der Waals surface area contributed by atoms with Crippen molar-refractivity contribution in [3.8, 4) is 0 Å². The summed E-state index contributed by atoms with van der Waals surface area (Å²) in [5.41, 5.74) is 2.28. The first-order valence-electron chi connectivity index (χ1n) is 10.8. The molecule has 2 aliphatic rings. The van der Waals surface area contributed by atoms with Gasteiger partial charge >= 0.3 is 5.97 Å². The maximum Gasteiger partial charge on any atom is 0.338 e. The number of thiazole rings is 1. The van der Waals surface area contributed by atoms with Gasteiger partial charge in [0.1, 0.15) is 10.6 Å². The van der Waals surface area contributed by atoms with Crippen LogP contribution < -0.4 is 19.8 Å². The van der Waals surface area contributed by atoms with Gasteiger partial charge in [-0.1, -0.05) is 41.7 Å². The SMILES string of the molecule is C=CCN1C(=O)/C(=c2/sc3n(c2=O)[C@H](c2cccs2)C(C(=O)OCC)=C(C)N=3)c2ccccc21. The molecule has 0 saturated carbocycles. The quantitative estimate of drug-likeness (QED) is 0.406. The van der Waals surface area contributed by atoms with E-state index in [9.17, 15) is 14.4 Å². The second-order valence-corrected chi connectivity index (χ2v) is 9.69. The molecule has 0 radical (unpaired) electrons. The van der Waals surface area contributed by atoms with E-state index in [1.54, 1.807) is 24.8 Å². The number of carbonyl (C=O) groups excluding carboxylic acids is 2. The maximum absolute atomic E-state index is 13.9. The molecule has 1 amide bonds. The molecule has 34 heavy (non-hydrogen) atoms. The number of ether oxygens (including phenoxy) is 1. The monoisotopic (exact) mass is 491 g/mol. The molecule has 0 N–H and O–H groups in total. The smallest absolute Gasteiger partial charge is 0.338 e. The Bertz CT molecular complexity index is 1540. The first-order valence-corrected chi connectivity index (χ1v) is 12.4. The van der Waals surface area contributed by atoms with Crippen LogP contribution >= 0.6 is 22.7 Å². The van der Waals surface area contributed by atoms with E-state index in [-0.39, 0.29) is 18.1 Å². The third kappa shape index (κ3) is 3.31. The summed E-state index contributed by atoms with van der Waals surface area (Å²) in [5.74, 6) is -0.750. The number of fused-ring (bicyclic) bond motifs is 2. The molecule has 0 spiro atoms. The van der Waals surface area contributed by atoms with Gasteiger partial charge in [0.2, 0.25) is 0 Å². The fraction of sp³-hybridized carbons (Fsp3) is 0.200. The Hall–Kier alpha value is -3.56. The number of allylic oxidation sites excluding steroid dienone is 1. The minimum atomic E-state index is -0.666. The van der Waals surface area contributed by atoms with E-state index in [4.69, 9.17) is 4.74 Å². The van der Waals surface area contributed by atoms with E-state index in [1.807, 2.05) is 41.8 Å². The predicted molar refractivity (Wildman–Crippen MR) is 133 cm³/mol. The molecule has 0 aliphatic carbocycles. The van der Waals surface area contributed by atoms with Crippen molar-refractivity contribution >= 4 is 45.8 Å². The van der Waals surface area contributed by atoms with Crippen LogP contribution in [0.1, 0.15) is 30.3 Å². The molecular formula is C25H21N3O4S2. The number of rotatable bonds is 5. The number of carbonyl (C=O) groups is 2. The maximum atomic E-state index is 13.9. The van der Waals surface area contributed by atoms with Crippen LogP contribution in [-0.4, -0.2) is 29.6 Å². The van der Waals surface area contributed by atoms with Crippen LogP contribution in [0.5, 0.6) is 0 Å². The Labute approximate surface area is 203 Å². The van der Waals surface area contributed by atoms with Gasteiger partial charge in [0.15, 0.2) is 4.80 Å². The van der Waals surface area contributed by atoms with Gasteiger partial charge in [-0.3, -0.25) is 14.2 Å². The van der Waals surface area contributed by atoms with E-state index in [0.29, 0.717) is 38.3 Å². The van der Waals surface area contributed by atoms with Crippen LogP contribution in [0.4, 0.5) is 5.69 Å². The van der Waals surface area contributed by atoms with Gasteiger partial charge in [-0.05, 0) is 31.4 Å². The lowest BCUT2D eigenvalue weighted by Gasteiger charge is -2.23. The summed E-state index contributed by atoms with van der Waals surface area (Å²) >= 11 is 2.62. The third-order valence-corrected chi connectivity index (χ3v) is 7.75. The van der Waals surface area contributed by atoms with E-state index in [1.165, 1.54) is 27.2 Å². The number of thiophene rings is 1. The van der Waals surface area contributed by atoms with E-state index < -0.39 is 12.0 Å². The molecule has 4 heterocycles. The average Bonchev–Trinajstić information content (AvgIpc) is 3.52. The molecule has 1 atom stereocenters. The molecule has 0 unspecified atom stereocenters. The highest BCUT2D eigenvalue weighted by Crippen LogP contribution is 2.36. The standard InChI is InChI=1S/C25H21N3O4S2/c1-4-12-27-16-10-7-6-9-15(16)19(22(27)29)21-23(30)28-20(17-11-8-13-33-17)18(24(31)32-5-2)14(3)26-25(28)34-21/h4,6-11,13,20H,1,5,12H2,2-3H3/b21-19+/t20-/m1/s1. The summed E-state index contributed by atoms with van der Waals surface area (Å²) in [6, 6.07) is 10.5. The number of hydrogen-bond donors (Lipinski definition) is 0. The van der Waals surface area contributed by atoms with Gasteiger partial charge in [-0.15, -0.1) is 17.9 Å². The molecule has 0 saturated heterocycles. The normalized spacial score (nSPS) is 18.5. The summed E-state index contributed by atoms with van der Waals surface area (Å²) in [7, 11) is 0. The second-order valence-electron chi connectivity index (χ2n) is 7.73. The van der Waals surface area contributed by atoms with Crippen molar-refractivity contribution in [3.05, 3.63) is 95.8 Å². The van der Waals surface area contributed by atoms with Crippen LogP contribution in [0.15, 0.2) is 75.5 Å². The average molecular weight is 492 g/mol. The van der Waals surface area contributed by atoms with Crippen molar-refractivity contribution in [2.24, 2.45) is 4.99 Å². The van der Waals surface area contributed by atoms with Gasteiger partial charge in [-0.2, -0.15) is 0 Å². The molecule has 7 nitrogen and oxygen atoms in total. The molecular weight excluding hydrogens is 470 g/mol. The van der Waals surface area contributed by atoms with E-state index >= 15 is 0 Å². The van der Waals surface area contributed by atoms with Crippen molar-refractivity contribution in [1.29, 1.82) is 0 Å². The Morgan fingerprint density at radius 2 is 2.03 bits per heavy atom. The fourth-order valence-corrected chi connectivity index (χ4v) is 6.33. The van der Waals surface area contributed by atoms with Gasteiger partial charge in [-0.25, -0.2) is 9.79 Å². The number of anilines is 1. The Morgan fingerprint density at radius 3 is 2.74 bits per heavy atom. The molecule has 9 heteroatoms. The number of nitrogens with zero attached hydrogens (tertiary/aromatic N) is 3. The van der Waals surface area contributed by atoms with Gasteiger partial charge in [0.05, 0.1) is 29.1 Å². The van der Waals surface area contributed by atoms with Crippen molar-refractivity contribution in [3.63, 3.8) is 0 Å². The number of benzene rings is 1. The molecule has 5 rings (SSSR count). The van der Waals surface area contributed by atoms with Crippen LogP contribution in [0.25, 0.3) is 5.57 Å². The largest absolute Gasteiger partial charge is 0.463 e. The Balaban J connectivity index is 1.81. The summed E-state index contributed by atoms with van der Waals surface area (Å²) < 4.78 is 7.13. The zero-order valence-corrected chi connectivity index (χ0v) is 20.2. The highest BCUT2D eigenvalue weighted by molar-refractivity contribution is 7.10. The van der Waals surface area contributed by atoms with Crippen LogP contribution in [-0.2, 0) is 14.3 Å². The van der Waals surface area contributed by atoms with Crippen LogP contribution in [0.3, 0.4) is 0 Å². The van der Waals surface area contributed by atoms with E-state index in [2.05, 4.69) is 11.6 Å². The zero-order chi connectivity index (χ0) is 24.0. The van der Waals surface area contributed by atoms with Gasteiger partial charge in [0.25, 0.3) is 11.5 Å². The highest BCUT2D eigenvalue weighted by atomic mass is 32.1. The van der Waals surface area contributed by atoms with Crippen LogP contribution in [0, 0.1) is 0 Å². The van der Waals surface area contributed by atoms with Gasteiger partial charge < -0.3 is 9.64 Å². The third-order valence-electron chi connectivity index (χ3n) is 5.77. The molecule has 172 valence electrons. The predicted octanol–water partition coefficient (Wildman–Crippen LogP) is 2.76. The number of amides is 1. The number of hydrogen-bond acceptors (Lipinski definition) is 7. The topological polar surface area (TPSA) is 81.0 Å². The van der Waals surface area contributed by atoms with Crippen molar-refractivity contribution < 1.29 is 14.3 Å². The highest BCUT2D eigenvalue weighted by Gasteiger charge is 2.37. The van der Waals surface area contributed by atoms with Crippen molar-refractivity contribution in [2.45, 2.75) is 19.9 Å². The minimum Gasteiger partial charge on any atom is -0.463 e.